The highest BCUT2D eigenvalue weighted by molar-refractivity contribution is 7.91. The van der Waals surface area contributed by atoms with Crippen molar-refractivity contribution >= 4 is 33.4 Å². The highest BCUT2D eigenvalue weighted by Gasteiger charge is 2.56. The van der Waals surface area contributed by atoms with Crippen molar-refractivity contribution in [2.75, 3.05) is 23.0 Å². The molecule has 0 spiro atoms. The zero-order valence-electron chi connectivity index (χ0n) is 15.6. The van der Waals surface area contributed by atoms with Crippen LogP contribution in [0, 0.1) is 5.92 Å². The molecule has 3 fully saturated rings. The molecule has 0 bridgehead atoms. The minimum atomic E-state index is -3.21. The molecule has 2 saturated heterocycles. The average molecular weight is 405 g/mol. The van der Waals surface area contributed by atoms with Gasteiger partial charge in [-0.25, -0.2) is 13.2 Å². The first kappa shape index (κ1) is 18.9. The van der Waals surface area contributed by atoms with Crippen molar-refractivity contribution in [3.63, 3.8) is 0 Å². The van der Waals surface area contributed by atoms with Crippen molar-refractivity contribution in [3.05, 3.63) is 30.3 Å². The number of hydrogen-bond acceptors (Lipinski definition) is 5. The van der Waals surface area contributed by atoms with E-state index in [9.17, 15) is 22.8 Å². The van der Waals surface area contributed by atoms with Gasteiger partial charge in [-0.3, -0.25) is 14.5 Å². The molecule has 4 amide bonds. The van der Waals surface area contributed by atoms with Crippen molar-refractivity contribution in [3.8, 4) is 0 Å². The number of urea groups is 1. The zero-order chi connectivity index (χ0) is 20.1. The van der Waals surface area contributed by atoms with Crippen LogP contribution in [0.15, 0.2) is 30.3 Å². The summed E-state index contributed by atoms with van der Waals surface area (Å²) in [6.45, 7) is 1.30. The molecule has 2 heterocycles. The normalized spacial score (nSPS) is 29.0. The minimum Gasteiger partial charge on any atom is -0.323 e. The molecular weight excluding hydrogens is 382 g/mol. The Morgan fingerprint density at radius 3 is 2.46 bits per heavy atom. The van der Waals surface area contributed by atoms with Gasteiger partial charge in [-0.15, -0.1) is 0 Å². The van der Waals surface area contributed by atoms with Gasteiger partial charge in [-0.2, -0.15) is 0 Å². The third-order valence-electron chi connectivity index (χ3n) is 5.87. The van der Waals surface area contributed by atoms with Gasteiger partial charge < -0.3 is 10.2 Å². The summed E-state index contributed by atoms with van der Waals surface area (Å²) < 4.78 is 23.9. The van der Waals surface area contributed by atoms with Crippen LogP contribution in [-0.2, 0) is 19.4 Å². The molecule has 150 valence electrons. The fraction of sp³-hybridized carbons (Fsp3) is 0.526. The zero-order valence-corrected chi connectivity index (χ0v) is 16.4. The lowest BCUT2D eigenvalue weighted by Crippen LogP contribution is -2.49. The van der Waals surface area contributed by atoms with Crippen molar-refractivity contribution in [1.29, 1.82) is 0 Å². The molecule has 1 N–H and O–H groups in total. The van der Waals surface area contributed by atoms with Crippen LogP contribution in [0.4, 0.5) is 10.5 Å². The number of imide groups is 1. The van der Waals surface area contributed by atoms with Crippen LogP contribution in [0.5, 0.6) is 0 Å². The van der Waals surface area contributed by atoms with E-state index in [0.717, 1.165) is 17.7 Å². The highest BCUT2D eigenvalue weighted by Crippen LogP contribution is 2.42. The van der Waals surface area contributed by atoms with E-state index in [1.807, 2.05) is 0 Å². The Labute approximate surface area is 163 Å². The molecule has 0 radical (unpaired) electrons. The fourth-order valence-electron chi connectivity index (χ4n) is 4.13. The Hall–Kier alpha value is -2.42. The lowest BCUT2D eigenvalue weighted by molar-refractivity contribution is -0.134. The maximum absolute atomic E-state index is 13.1. The van der Waals surface area contributed by atoms with E-state index >= 15 is 0 Å². The molecule has 1 saturated carbocycles. The summed E-state index contributed by atoms with van der Waals surface area (Å²) in [7, 11) is -3.21. The Kier molecular flexibility index (Phi) is 4.45. The van der Waals surface area contributed by atoms with Crippen molar-refractivity contribution in [2.24, 2.45) is 5.92 Å². The number of para-hydroxylation sites is 1. The Balaban J connectivity index is 1.58. The summed E-state index contributed by atoms with van der Waals surface area (Å²) in [6, 6.07) is 7.70. The highest BCUT2D eigenvalue weighted by atomic mass is 32.2. The Morgan fingerprint density at radius 1 is 1.21 bits per heavy atom. The number of carbonyl (C=O) groups is 3. The van der Waals surface area contributed by atoms with E-state index in [-0.39, 0.29) is 23.3 Å². The Morgan fingerprint density at radius 2 is 1.89 bits per heavy atom. The van der Waals surface area contributed by atoms with Crippen molar-refractivity contribution in [2.45, 2.75) is 37.8 Å². The molecular formula is C19H23N3O5S. The lowest BCUT2D eigenvalue weighted by Gasteiger charge is -2.30. The van der Waals surface area contributed by atoms with Gasteiger partial charge in [-0.05, 0) is 44.2 Å². The summed E-state index contributed by atoms with van der Waals surface area (Å²) in [5, 5.41) is 2.73. The average Bonchev–Trinajstić information content (AvgIpc) is 3.41. The van der Waals surface area contributed by atoms with Gasteiger partial charge >= 0.3 is 6.03 Å². The van der Waals surface area contributed by atoms with Gasteiger partial charge in [0.05, 0.1) is 17.5 Å². The van der Waals surface area contributed by atoms with Gasteiger partial charge in [0.15, 0.2) is 9.84 Å². The number of nitrogens with zero attached hydrogens (tertiary/aromatic N) is 2. The maximum Gasteiger partial charge on any atom is 0.325 e. The van der Waals surface area contributed by atoms with E-state index in [4.69, 9.17) is 0 Å². The molecule has 2 aliphatic heterocycles. The molecule has 9 heteroatoms. The summed E-state index contributed by atoms with van der Waals surface area (Å²) >= 11 is 0. The predicted octanol–water partition coefficient (Wildman–Crippen LogP) is 0.927. The molecule has 28 heavy (non-hydrogen) atoms. The number of carbonyl (C=O) groups excluding carboxylic acids is 3. The second kappa shape index (κ2) is 6.58. The lowest BCUT2D eigenvalue weighted by atomic mass is 9.96. The van der Waals surface area contributed by atoms with Crippen LogP contribution in [0.2, 0.25) is 0 Å². The molecule has 2 atom stereocenters. The smallest absolute Gasteiger partial charge is 0.323 e. The molecule has 1 aromatic rings. The van der Waals surface area contributed by atoms with Crippen LogP contribution in [0.25, 0.3) is 0 Å². The molecule has 1 aromatic carbocycles. The molecule has 3 aliphatic rings. The number of amides is 4. The van der Waals surface area contributed by atoms with E-state index in [0.29, 0.717) is 12.1 Å². The van der Waals surface area contributed by atoms with Crippen molar-refractivity contribution < 1.29 is 22.8 Å². The second-order valence-electron chi connectivity index (χ2n) is 7.95. The standard InChI is InChI=1S/C19H23N3O5S/c1-19(13-7-8-13)17(24)21(18(25)20-19)11-16(23)22(14-5-3-2-4-6-14)15-9-10-28(26,27)12-15/h2-6,13,15H,7-12H2,1H3,(H,20,25). The van der Waals surface area contributed by atoms with Crippen LogP contribution < -0.4 is 10.2 Å². The van der Waals surface area contributed by atoms with Gasteiger partial charge in [0.25, 0.3) is 5.91 Å². The van der Waals surface area contributed by atoms with Crippen LogP contribution in [-0.4, -0.2) is 60.8 Å². The van der Waals surface area contributed by atoms with E-state index in [1.54, 1.807) is 37.3 Å². The summed E-state index contributed by atoms with van der Waals surface area (Å²) in [5.41, 5.74) is -0.391. The third-order valence-corrected chi connectivity index (χ3v) is 7.62. The van der Waals surface area contributed by atoms with Gasteiger partial charge in [0, 0.05) is 5.69 Å². The van der Waals surface area contributed by atoms with E-state index in [2.05, 4.69) is 5.32 Å². The first-order valence-electron chi connectivity index (χ1n) is 9.43. The number of sulfone groups is 1. The van der Waals surface area contributed by atoms with Crippen LogP contribution >= 0.6 is 0 Å². The minimum absolute atomic E-state index is 0.0250. The summed E-state index contributed by atoms with van der Waals surface area (Å²) in [5.74, 6) is -0.837. The SMILES string of the molecule is CC1(C2CC2)NC(=O)N(CC(=O)N(c2ccccc2)C2CCS(=O)(=O)C2)C1=O. The summed E-state index contributed by atoms with van der Waals surface area (Å²) in [6.07, 6.45) is 2.09. The van der Waals surface area contributed by atoms with Crippen molar-refractivity contribution in [1.82, 2.24) is 10.2 Å². The number of anilines is 1. The molecule has 0 aromatic heterocycles. The summed E-state index contributed by atoms with van der Waals surface area (Å²) in [4.78, 5) is 40.7. The quantitative estimate of drug-likeness (QED) is 0.734. The molecule has 1 aliphatic carbocycles. The first-order valence-corrected chi connectivity index (χ1v) is 11.2. The van der Waals surface area contributed by atoms with Crippen LogP contribution in [0.3, 0.4) is 0 Å². The monoisotopic (exact) mass is 405 g/mol. The molecule has 8 nitrogen and oxygen atoms in total. The van der Waals surface area contributed by atoms with E-state index in [1.165, 1.54) is 4.90 Å². The third kappa shape index (κ3) is 3.28. The van der Waals surface area contributed by atoms with Gasteiger partial charge in [0.2, 0.25) is 5.91 Å². The fourth-order valence-corrected chi connectivity index (χ4v) is 5.83. The van der Waals surface area contributed by atoms with Crippen LogP contribution in [0.1, 0.15) is 26.2 Å². The largest absolute Gasteiger partial charge is 0.325 e. The maximum atomic E-state index is 13.1. The Bertz CT molecular complexity index is 928. The molecule has 2 unspecified atom stereocenters. The second-order valence-corrected chi connectivity index (χ2v) is 10.2. The van der Waals surface area contributed by atoms with E-state index < -0.39 is 39.9 Å². The number of benzene rings is 1. The number of rotatable bonds is 5. The topological polar surface area (TPSA) is 104 Å². The molecule has 4 rings (SSSR count). The predicted molar refractivity (Wildman–Crippen MR) is 102 cm³/mol. The number of nitrogens with one attached hydrogen (secondary N) is 1. The first-order chi connectivity index (χ1) is 13.2. The van der Waals surface area contributed by atoms with Gasteiger partial charge in [0.1, 0.15) is 12.1 Å². The number of hydrogen-bond donors (Lipinski definition) is 1. The van der Waals surface area contributed by atoms with Gasteiger partial charge in [-0.1, -0.05) is 18.2 Å².